The molecule has 4 unspecified atom stereocenters. The quantitative estimate of drug-likeness (QED) is 0.405. The third kappa shape index (κ3) is 3.06. The highest BCUT2D eigenvalue weighted by atomic mass is 16.4. The van der Waals surface area contributed by atoms with Crippen molar-refractivity contribution in [3.05, 3.63) is 11.6 Å². The van der Waals surface area contributed by atoms with Crippen molar-refractivity contribution >= 4 is 5.97 Å². The van der Waals surface area contributed by atoms with Crippen LogP contribution in [0.25, 0.3) is 0 Å². The van der Waals surface area contributed by atoms with Gasteiger partial charge in [0.15, 0.2) is 0 Å². The standard InChI is InChI=1S/C30H48O4/c1-26(2)14-18-17(19(15-26)25(33)34)10-12-29(6)20(18)8-9-23-28(5)16-21(31)24(32)27(3,4)22(28)11-13-30(23,29)7/h8,17-19,21-24,31-32H,9-16H2,1-7H3,(H,33,34)/t17?,18?,19-,21-,22?,23?,24+,28+,29+,30+/m1/s1. The van der Waals surface area contributed by atoms with Crippen LogP contribution >= 0.6 is 0 Å². The number of fused-ring (bicyclic) bond motifs is 7. The smallest absolute Gasteiger partial charge is 0.306 e. The summed E-state index contributed by atoms with van der Waals surface area (Å²) in [5.41, 5.74) is 1.53. The molecule has 4 saturated carbocycles. The number of aliphatic hydroxyl groups excluding tert-OH is 2. The predicted octanol–water partition coefficient (Wildman–Crippen LogP) is 6.06. The average Bonchev–Trinajstić information content (AvgIpc) is 2.71. The van der Waals surface area contributed by atoms with Crippen molar-refractivity contribution in [1.29, 1.82) is 0 Å². The van der Waals surface area contributed by atoms with Gasteiger partial charge in [-0.3, -0.25) is 4.79 Å². The third-order valence-electron chi connectivity index (χ3n) is 12.7. The molecule has 0 saturated heterocycles. The van der Waals surface area contributed by atoms with Crippen molar-refractivity contribution in [2.45, 2.75) is 112 Å². The van der Waals surface area contributed by atoms with Crippen LogP contribution in [0.2, 0.25) is 0 Å². The van der Waals surface area contributed by atoms with E-state index in [0.29, 0.717) is 24.2 Å². The summed E-state index contributed by atoms with van der Waals surface area (Å²) in [6, 6.07) is 0. The molecule has 10 atom stereocenters. The van der Waals surface area contributed by atoms with Crippen LogP contribution in [-0.4, -0.2) is 33.5 Å². The van der Waals surface area contributed by atoms with Gasteiger partial charge in [0.25, 0.3) is 0 Å². The number of hydrogen-bond donors (Lipinski definition) is 3. The van der Waals surface area contributed by atoms with E-state index < -0.39 is 18.2 Å². The molecule has 0 aromatic rings. The molecule has 0 heterocycles. The Morgan fingerprint density at radius 1 is 0.912 bits per heavy atom. The van der Waals surface area contributed by atoms with Gasteiger partial charge in [0, 0.05) is 0 Å². The first-order valence-electron chi connectivity index (χ1n) is 13.9. The van der Waals surface area contributed by atoms with Crippen molar-refractivity contribution in [1.82, 2.24) is 0 Å². The van der Waals surface area contributed by atoms with Crippen molar-refractivity contribution in [2.75, 3.05) is 0 Å². The average molecular weight is 473 g/mol. The normalized spacial score (nSPS) is 53.4. The minimum absolute atomic E-state index is 0.00747. The molecule has 0 aromatic carbocycles. The van der Waals surface area contributed by atoms with E-state index in [4.69, 9.17) is 0 Å². The lowest BCUT2D eigenvalue weighted by molar-refractivity contribution is -0.230. The first kappa shape index (κ1) is 24.8. The van der Waals surface area contributed by atoms with Gasteiger partial charge < -0.3 is 15.3 Å². The van der Waals surface area contributed by atoms with Crippen molar-refractivity contribution in [3.8, 4) is 0 Å². The van der Waals surface area contributed by atoms with E-state index >= 15 is 0 Å². The highest BCUT2D eigenvalue weighted by Gasteiger charge is 2.68. The first-order valence-corrected chi connectivity index (χ1v) is 13.9. The van der Waals surface area contributed by atoms with Crippen LogP contribution in [0.1, 0.15) is 99.8 Å². The summed E-state index contributed by atoms with van der Waals surface area (Å²) in [6.45, 7) is 16.3. The summed E-state index contributed by atoms with van der Waals surface area (Å²) in [7, 11) is 0. The Kier molecular flexibility index (Phi) is 5.36. The van der Waals surface area contributed by atoms with Crippen LogP contribution < -0.4 is 0 Å². The van der Waals surface area contributed by atoms with E-state index in [9.17, 15) is 20.1 Å². The largest absolute Gasteiger partial charge is 0.481 e. The van der Waals surface area contributed by atoms with Gasteiger partial charge in [-0.25, -0.2) is 0 Å². The fourth-order valence-corrected chi connectivity index (χ4v) is 11.0. The molecule has 5 aliphatic carbocycles. The Bertz CT molecular complexity index is 903. The Labute approximate surface area is 206 Å². The predicted molar refractivity (Wildman–Crippen MR) is 134 cm³/mol. The molecule has 34 heavy (non-hydrogen) atoms. The van der Waals surface area contributed by atoms with E-state index in [2.05, 4.69) is 54.5 Å². The molecular weight excluding hydrogens is 424 g/mol. The fourth-order valence-electron chi connectivity index (χ4n) is 11.0. The zero-order chi connectivity index (χ0) is 25.1. The molecule has 4 heteroatoms. The van der Waals surface area contributed by atoms with Gasteiger partial charge in [0.05, 0.1) is 18.1 Å². The highest BCUT2D eigenvalue weighted by Crippen LogP contribution is 2.74. The molecule has 0 bridgehead atoms. The second-order valence-corrected chi connectivity index (χ2v) is 15.2. The second kappa shape index (κ2) is 7.34. The maximum atomic E-state index is 12.3. The number of carboxylic acids is 1. The van der Waals surface area contributed by atoms with E-state index in [-0.39, 0.29) is 38.9 Å². The number of aliphatic hydroxyl groups is 2. The fraction of sp³-hybridized carbons (Fsp3) is 0.900. The summed E-state index contributed by atoms with van der Waals surface area (Å²) in [4.78, 5) is 12.3. The molecule has 3 N–H and O–H groups in total. The van der Waals surface area contributed by atoms with Gasteiger partial charge in [-0.1, -0.05) is 60.1 Å². The molecule has 0 amide bonds. The molecule has 4 fully saturated rings. The van der Waals surface area contributed by atoms with Gasteiger partial charge in [-0.2, -0.15) is 0 Å². The molecule has 192 valence electrons. The monoisotopic (exact) mass is 472 g/mol. The van der Waals surface area contributed by atoms with Gasteiger partial charge in [-0.05, 0) is 102 Å². The lowest BCUT2D eigenvalue weighted by atomic mass is 9.34. The molecule has 0 aliphatic heterocycles. The van der Waals surface area contributed by atoms with E-state index in [0.717, 1.165) is 44.9 Å². The highest BCUT2D eigenvalue weighted by molar-refractivity contribution is 5.71. The van der Waals surface area contributed by atoms with Gasteiger partial charge >= 0.3 is 5.97 Å². The van der Waals surface area contributed by atoms with E-state index in [1.807, 2.05) is 0 Å². The van der Waals surface area contributed by atoms with Crippen LogP contribution in [-0.2, 0) is 4.79 Å². The third-order valence-corrected chi connectivity index (χ3v) is 12.7. The number of allylic oxidation sites excluding steroid dienone is 2. The minimum atomic E-state index is -0.664. The van der Waals surface area contributed by atoms with Crippen LogP contribution in [0.15, 0.2) is 11.6 Å². The summed E-state index contributed by atoms with van der Waals surface area (Å²) in [5.74, 6) is 0.684. The molecule has 4 nitrogen and oxygen atoms in total. The number of aliphatic carboxylic acids is 1. The maximum Gasteiger partial charge on any atom is 0.306 e. The Hall–Kier alpha value is -0.870. The van der Waals surface area contributed by atoms with Gasteiger partial charge in [0.1, 0.15) is 0 Å². The topological polar surface area (TPSA) is 77.8 Å². The van der Waals surface area contributed by atoms with Crippen molar-refractivity contribution in [2.24, 2.45) is 56.7 Å². The number of rotatable bonds is 1. The van der Waals surface area contributed by atoms with Gasteiger partial charge in [0.2, 0.25) is 0 Å². The molecule has 5 aliphatic rings. The Balaban J connectivity index is 1.57. The summed E-state index contributed by atoms with van der Waals surface area (Å²) in [5, 5.41) is 32.0. The summed E-state index contributed by atoms with van der Waals surface area (Å²) in [6.07, 6.45) is 9.16. The van der Waals surface area contributed by atoms with E-state index in [1.54, 1.807) is 5.57 Å². The summed E-state index contributed by atoms with van der Waals surface area (Å²) < 4.78 is 0. The number of carboxylic acid groups (broad SMARTS) is 1. The molecule has 5 rings (SSSR count). The molecule has 0 aromatic heterocycles. The SMILES string of the molecule is CC1(C)CC2C3=CCC4[C@@]5(C)C[C@@H](O)[C@H](O)C(C)(C)C5CC[C@]4(C)[C@@]3(C)CCC2[C@H](C(=O)O)C1. The minimum Gasteiger partial charge on any atom is -0.481 e. The lowest BCUT2D eigenvalue weighted by Gasteiger charge is -2.71. The van der Waals surface area contributed by atoms with E-state index in [1.165, 1.54) is 0 Å². The second-order valence-electron chi connectivity index (χ2n) is 15.2. The molecule has 0 spiro atoms. The number of hydrogen-bond acceptors (Lipinski definition) is 3. The first-order chi connectivity index (χ1) is 15.6. The van der Waals surface area contributed by atoms with Crippen LogP contribution in [0.3, 0.4) is 0 Å². The van der Waals surface area contributed by atoms with Crippen LogP contribution in [0, 0.1) is 56.7 Å². The van der Waals surface area contributed by atoms with Crippen molar-refractivity contribution in [3.63, 3.8) is 0 Å². The molecule has 0 radical (unpaired) electrons. The Morgan fingerprint density at radius 3 is 2.24 bits per heavy atom. The van der Waals surface area contributed by atoms with Crippen LogP contribution in [0.4, 0.5) is 0 Å². The molecular formula is C30H48O4. The zero-order valence-corrected chi connectivity index (χ0v) is 22.5. The lowest BCUT2D eigenvalue weighted by Crippen LogP contribution is -2.66. The van der Waals surface area contributed by atoms with Crippen molar-refractivity contribution < 1.29 is 20.1 Å². The number of carbonyl (C=O) groups is 1. The summed E-state index contributed by atoms with van der Waals surface area (Å²) >= 11 is 0. The maximum absolute atomic E-state index is 12.3. The zero-order valence-electron chi connectivity index (χ0n) is 22.5. The van der Waals surface area contributed by atoms with Gasteiger partial charge in [-0.15, -0.1) is 0 Å². The Morgan fingerprint density at radius 2 is 1.59 bits per heavy atom. The van der Waals surface area contributed by atoms with Crippen LogP contribution in [0.5, 0.6) is 0 Å².